The van der Waals surface area contributed by atoms with Crippen molar-refractivity contribution < 1.29 is 19.5 Å². The van der Waals surface area contributed by atoms with Crippen molar-refractivity contribution in [2.45, 2.75) is 50.8 Å². The molecule has 1 heterocycles. The molecule has 1 aliphatic heterocycles. The van der Waals surface area contributed by atoms with E-state index < -0.39 is 24.0 Å². The van der Waals surface area contributed by atoms with E-state index >= 15 is 0 Å². The van der Waals surface area contributed by atoms with Gasteiger partial charge in [-0.25, -0.2) is 4.79 Å². The third kappa shape index (κ3) is 2.81. The Balaban J connectivity index is 1.92. The first-order valence-electron chi connectivity index (χ1n) is 6.52. The van der Waals surface area contributed by atoms with Gasteiger partial charge in [-0.05, 0) is 12.8 Å². The quantitative estimate of drug-likeness (QED) is 0.543. The predicted octanol–water partition coefficient (Wildman–Crippen LogP) is 0.164. The first-order chi connectivity index (χ1) is 8.59. The second-order valence-corrected chi connectivity index (χ2v) is 5.04. The van der Waals surface area contributed by atoms with Gasteiger partial charge >= 0.3 is 5.97 Å². The summed E-state index contributed by atoms with van der Waals surface area (Å²) in [5.74, 6) is -2.24. The van der Waals surface area contributed by atoms with Crippen molar-refractivity contribution in [2.75, 3.05) is 7.05 Å². The Morgan fingerprint density at radius 2 is 1.94 bits per heavy atom. The van der Waals surface area contributed by atoms with E-state index in [1.165, 1.54) is 19.9 Å². The Bertz CT molecular complexity index is 326. The second kappa shape index (κ2) is 5.67. The molecule has 0 bridgehead atoms. The summed E-state index contributed by atoms with van der Waals surface area (Å²) in [7, 11) is 1.43. The highest BCUT2D eigenvalue weighted by molar-refractivity contribution is 5.99. The van der Waals surface area contributed by atoms with E-state index in [4.69, 9.17) is 4.84 Å². The number of rotatable bonds is 2. The van der Waals surface area contributed by atoms with Gasteiger partial charge in [-0.1, -0.05) is 25.7 Å². The van der Waals surface area contributed by atoms with E-state index in [1.54, 1.807) is 0 Å². The molecule has 1 amide bonds. The zero-order chi connectivity index (χ0) is 13.1. The van der Waals surface area contributed by atoms with Crippen LogP contribution in [0.3, 0.4) is 0 Å². The van der Waals surface area contributed by atoms with Gasteiger partial charge in [0.05, 0.1) is 0 Å². The molecule has 2 N–H and O–H groups in total. The zero-order valence-electron chi connectivity index (χ0n) is 10.6. The summed E-state index contributed by atoms with van der Waals surface area (Å²) in [4.78, 5) is 28.2. The maximum atomic E-state index is 12.0. The minimum Gasteiger partial charge on any atom is -0.374 e. The normalized spacial score (nSPS) is 30.9. The molecule has 1 saturated carbocycles. The molecule has 2 rings (SSSR count). The number of carbonyl (C=O) groups is 2. The molecule has 6 nitrogen and oxygen atoms in total. The van der Waals surface area contributed by atoms with E-state index in [2.05, 4.69) is 5.32 Å². The lowest BCUT2D eigenvalue weighted by atomic mass is 10.0. The summed E-state index contributed by atoms with van der Waals surface area (Å²) in [6.07, 6.45) is 5.29. The largest absolute Gasteiger partial charge is 0.374 e. The number of hydroxylamine groups is 2. The average Bonchev–Trinajstić information content (AvgIpc) is 2.52. The minimum atomic E-state index is -1.19. The van der Waals surface area contributed by atoms with Crippen molar-refractivity contribution in [2.24, 2.45) is 5.92 Å². The summed E-state index contributed by atoms with van der Waals surface area (Å²) < 4.78 is 0. The van der Waals surface area contributed by atoms with E-state index in [0.717, 1.165) is 30.7 Å². The number of aliphatic hydroxyl groups excluding tert-OH is 1. The van der Waals surface area contributed by atoms with Crippen LogP contribution in [0, 0.1) is 5.92 Å². The number of amides is 1. The van der Waals surface area contributed by atoms with E-state index in [-0.39, 0.29) is 6.04 Å². The fraction of sp³-hybridized carbons (Fsp3) is 0.833. The molecular weight excluding hydrogens is 236 g/mol. The first kappa shape index (κ1) is 13.3. The van der Waals surface area contributed by atoms with Gasteiger partial charge in [0.1, 0.15) is 0 Å². The van der Waals surface area contributed by atoms with Gasteiger partial charge in [0.15, 0.2) is 12.1 Å². The molecule has 102 valence electrons. The van der Waals surface area contributed by atoms with Crippen LogP contribution in [0.25, 0.3) is 0 Å². The molecule has 2 fully saturated rings. The van der Waals surface area contributed by atoms with E-state index in [0.29, 0.717) is 0 Å². The Labute approximate surface area is 106 Å². The summed E-state index contributed by atoms with van der Waals surface area (Å²) in [6, 6.07) is 0.117. The maximum absolute atomic E-state index is 12.0. The van der Waals surface area contributed by atoms with E-state index in [9.17, 15) is 14.7 Å². The highest BCUT2D eigenvalue weighted by atomic mass is 16.7. The molecule has 2 unspecified atom stereocenters. The number of carbonyl (C=O) groups excluding carboxylic acids is 2. The van der Waals surface area contributed by atoms with Crippen LogP contribution < -0.4 is 5.32 Å². The van der Waals surface area contributed by atoms with Crippen LogP contribution in [0.5, 0.6) is 0 Å². The highest BCUT2D eigenvalue weighted by Gasteiger charge is 2.46. The third-order valence-corrected chi connectivity index (χ3v) is 3.64. The lowest BCUT2D eigenvalue weighted by Crippen LogP contribution is -2.44. The summed E-state index contributed by atoms with van der Waals surface area (Å²) in [5.41, 5.74) is 0. The highest BCUT2D eigenvalue weighted by Crippen LogP contribution is 2.21. The van der Waals surface area contributed by atoms with Crippen LogP contribution in [0.4, 0.5) is 0 Å². The van der Waals surface area contributed by atoms with Crippen molar-refractivity contribution >= 4 is 11.9 Å². The standard InChI is InChI=1S/C12H20N2O4/c1-14-11(16)9(12(17)18-14)10(15)13-8-6-4-2-3-5-7-8/h8-9,11,16H,2-7H2,1H3,(H,13,15). The van der Waals surface area contributed by atoms with Gasteiger partial charge in [-0.2, -0.15) is 0 Å². The number of hydrogen-bond donors (Lipinski definition) is 2. The molecule has 0 radical (unpaired) electrons. The van der Waals surface area contributed by atoms with Crippen LogP contribution in [0.2, 0.25) is 0 Å². The molecule has 18 heavy (non-hydrogen) atoms. The van der Waals surface area contributed by atoms with Crippen LogP contribution in [-0.2, 0) is 14.4 Å². The fourth-order valence-corrected chi connectivity index (χ4v) is 2.54. The molecule has 1 saturated heterocycles. The predicted molar refractivity (Wildman–Crippen MR) is 63.0 cm³/mol. The fourth-order valence-electron chi connectivity index (χ4n) is 2.54. The third-order valence-electron chi connectivity index (χ3n) is 3.64. The molecule has 0 aromatic rings. The topological polar surface area (TPSA) is 78.9 Å². The molecule has 2 aliphatic rings. The summed E-state index contributed by atoms with van der Waals surface area (Å²) >= 11 is 0. The minimum absolute atomic E-state index is 0.117. The molecule has 2 atom stereocenters. The number of nitrogens with one attached hydrogen (secondary N) is 1. The monoisotopic (exact) mass is 256 g/mol. The SMILES string of the molecule is CN1OC(=O)C(C(=O)NC2CCCCCC2)C1O. The molecule has 0 aromatic heterocycles. The van der Waals surface area contributed by atoms with Crippen molar-refractivity contribution in [1.29, 1.82) is 0 Å². The second-order valence-electron chi connectivity index (χ2n) is 5.04. The van der Waals surface area contributed by atoms with Gasteiger partial charge in [0.2, 0.25) is 5.91 Å². The van der Waals surface area contributed by atoms with Crippen LogP contribution >= 0.6 is 0 Å². The molecule has 6 heteroatoms. The van der Waals surface area contributed by atoms with E-state index in [1.807, 2.05) is 0 Å². The van der Waals surface area contributed by atoms with Crippen molar-refractivity contribution in [1.82, 2.24) is 10.4 Å². The van der Waals surface area contributed by atoms with Crippen LogP contribution in [-0.4, -0.2) is 41.4 Å². The smallest absolute Gasteiger partial charge is 0.341 e. The van der Waals surface area contributed by atoms with Gasteiger partial charge in [-0.3, -0.25) is 4.79 Å². The van der Waals surface area contributed by atoms with Gasteiger partial charge < -0.3 is 15.3 Å². The molecule has 1 aliphatic carbocycles. The summed E-state index contributed by atoms with van der Waals surface area (Å²) in [5, 5.41) is 13.6. The Kier molecular flexibility index (Phi) is 4.19. The Morgan fingerprint density at radius 1 is 1.33 bits per heavy atom. The van der Waals surface area contributed by atoms with Crippen molar-refractivity contribution in [3.8, 4) is 0 Å². The summed E-state index contributed by atoms with van der Waals surface area (Å²) in [6.45, 7) is 0. The molecule has 0 spiro atoms. The molecular formula is C12H20N2O4. The Morgan fingerprint density at radius 3 is 2.44 bits per heavy atom. The van der Waals surface area contributed by atoms with Crippen LogP contribution in [0.15, 0.2) is 0 Å². The van der Waals surface area contributed by atoms with Crippen LogP contribution in [0.1, 0.15) is 38.5 Å². The van der Waals surface area contributed by atoms with Gasteiger partial charge in [0.25, 0.3) is 0 Å². The van der Waals surface area contributed by atoms with Gasteiger partial charge in [0, 0.05) is 13.1 Å². The number of hydrogen-bond acceptors (Lipinski definition) is 5. The maximum Gasteiger partial charge on any atom is 0.341 e. The lowest BCUT2D eigenvalue weighted by Gasteiger charge is -2.19. The lowest BCUT2D eigenvalue weighted by molar-refractivity contribution is -0.183. The Hall–Kier alpha value is -1.14. The molecule has 0 aromatic carbocycles. The van der Waals surface area contributed by atoms with Crippen molar-refractivity contribution in [3.63, 3.8) is 0 Å². The average molecular weight is 256 g/mol. The first-order valence-corrected chi connectivity index (χ1v) is 6.52. The number of aliphatic hydroxyl groups is 1. The van der Waals surface area contributed by atoms with Gasteiger partial charge in [-0.15, -0.1) is 5.06 Å². The zero-order valence-corrected chi connectivity index (χ0v) is 10.6. The number of nitrogens with zero attached hydrogens (tertiary/aromatic N) is 1. The van der Waals surface area contributed by atoms with Crippen molar-refractivity contribution in [3.05, 3.63) is 0 Å².